The number of carbonyl (C=O) groups is 1. The number of rotatable bonds is 3. The lowest BCUT2D eigenvalue weighted by molar-refractivity contribution is 0.0644. The van der Waals surface area contributed by atoms with Crippen LogP contribution < -0.4 is 10.3 Å². The van der Waals surface area contributed by atoms with E-state index >= 15 is 4.39 Å². The number of ether oxygens (including phenoxy) is 1. The summed E-state index contributed by atoms with van der Waals surface area (Å²) in [5, 5.41) is 0.121. The summed E-state index contributed by atoms with van der Waals surface area (Å²) in [6.07, 6.45) is 0. The summed E-state index contributed by atoms with van der Waals surface area (Å²) in [6, 6.07) is 8.99. The van der Waals surface area contributed by atoms with Crippen LogP contribution in [0.5, 0.6) is 0 Å². The third-order valence-corrected chi connectivity index (χ3v) is 8.13. The molecule has 0 unspecified atom stereocenters. The van der Waals surface area contributed by atoms with E-state index in [-0.39, 0.29) is 22.7 Å². The highest BCUT2D eigenvalue weighted by atomic mass is 32.1. The molecule has 2 aliphatic rings. The first-order chi connectivity index (χ1) is 17.1. The van der Waals surface area contributed by atoms with E-state index in [0.29, 0.717) is 49.9 Å². The fraction of sp³-hybridized carbons (Fsp3) is 0.400. The summed E-state index contributed by atoms with van der Waals surface area (Å²) >= 11 is 1.40. The van der Waals surface area contributed by atoms with Gasteiger partial charge >= 0.3 is 0 Å². The van der Waals surface area contributed by atoms with Crippen molar-refractivity contribution in [1.29, 1.82) is 0 Å². The molecule has 1 amide bonds. The van der Waals surface area contributed by atoms with E-state index in [4.69, 9.17) is 4.74 Å². The van der Waals surface area contributed by atoms with Crippen molar-refractivity contribution in [3.63, 3.8) is 0 Å². The first-order valence-electron chi connectivity index (χ1n) is 12.0. The van der Waals surface area contributed by atoms with Crippen molar-refractivity contribution in [3.8, 4) is 0 Å². The van der Waals surface area contributed by atoms with Crippen molar-refractivity contribution in [2.24, 2.45) is 0 Å². The second-order valence-electron chi connectivity index (χ2n) is 8.91. The summed E-state index contributed by atoms with van der Waals surface area (Å²) in [4.78, 5) is 38.6. The third kappa shape index (κ3) is 3.67. The normalized spacial score (nSPS) is 17.7. The SMILES string of the molecule is CCN1CCN(C(=O)c2c(=O)c3cc(F)c(N4CCOCC4)nc3n3c2sc2ccccc23)CC1. The topological polar surface area (TPSA) is 70.4 Å². The predicted molar refractivity (Wildman–Crippen MR) is 135 cm³/mol. The number of piperazine rings is 1. The Balaban J connectivity index is 1.59. The number of benzene rings is 1. The lowest BCUT2D eigenvalue weighted by atomic mass is 10.1. The number of aromatic nitrogens is 2. The van der Waals surface area contributed by atoms with Crippen LogP contribution in [-0.2, 0) is 4.74 Å². The predicted octanol–water partition coefficient (Wildman–Crippen LogP) is 2.82. The first-order valence-corrected chi connectivity index (χ1v) is 12.8. The summed E-state index contributed by atoms with van der Waals surface area (Å²) in [7, 11) is 0. The molecular formula is C25H26FN5O3S. The molecule has 1 aromatic carbocycles. The summed E-state index contributed by atoms with van der Waals surface area (Å²) < 4.78 is 23.5. The highest BCUT2D eigenvalue weighted by Gasteiger charge is 2.29. The van der Waals surface area contributed by atoms with Crippen LogP contribution in [0.25, 0.3) is 26.1 Å². The maximum absolute atomic E-state index is 15.3. The van der Waals surface area contributed by atoms with Gasteiger partial charge in [-0.15, -0.1) is 11.3 Å². The number of nitrogens with zero attached hydrogens (tertiary/aromatic N) is 5. The zero-order chi connectivity index (χ0) is 24.1. The van der Waals surface area contributed by atoms with E-state index in [1.165, 1.54) is 17.4 Å². The van der Waals surface area contributed by atoms with Gasteiger partial charge in [0, 0.05) is 39.3 Å². The van der Waals surface area contributed by atoms with Gasteiger partial charge in [-0.1, -0.05) is 19.1 Å². The number of carbonyl (C=O) groups excluding carboxylic acids is 1. The molecule has 2 fully saturated rings. The number of hydrogen-bond donors (Lipinski definition) is 0. The number of fused-ring (bicyclic) bond motifs is 5. The van der Waals surface area contributed by atoms with E-state index in [2.05, 4.69) is 16.8 Å². The number of amides is 1. The molecule has 0 aliphatic carbocycles. The maximum Gasteiger partial charge on any atom is 0.260 e. The van der Waals surface area contributed by atoms with Crippen LogP contribution in [0.2, 0.25) is 0 Å². The molecule has 35 heavy (non-hydrogen) atoms. The number of anilines is 1. The number of morpholine rings is 1. The minimum absolute atomic E-state index is 0.101. The Morgan fingerprint density at radius 1 is 1.11 bits per heavy atom. The highest BCUT2D eigenvalue weighted by molar-refractivity contribution is 7.24. The van der Waals surface area contributed by atoms with E-state index in [9.17, 15) is 9.59 Å². The van der Waals surface area contributed by atoms with Crippen LogP contribution in [0.3, 0.4) is 0 Å². The Morgan fingerprint density at radius 3 is 2.60 bits per heavy atom. The Kier molecular flexibility index (Phi) is 5.66. The molecule has 0 N–H and O–H groups in total. The van der Waals surface area contributed by atoms with Gasteiger partial charge in [0.2, 0.25) is 5.43 Å². The standard InChI is InChI=1S/C25H26FN5O3S/c1-2-28-7-9-30(10-8-28)24(33)20-21(32)16-15-17(26)23(29-11-13-34-14-12-29)27-22(16)31-18-5-3-4-6-19(18)35-25(20)31/h3-6,15H,2,7-14H2,1H3. The Morgan fingerprint density at radius 2 is 1.86 bits per heavy atom. The van der Waals surface area contributed by atoms with Gasteiger partial charge in [0.1, 0.15) is 10.4 Å². The molecule has 10 heteroatoms. The van der Waals surface area contributed by atoms with Crippen molar-refractivity contribution in [1.82, 2.24) is 19.2 Å². The Bertz CT molecular complexity index is 1500. The van der Waals surface area contributed by atoms with Crippen LogP contribution >= 0.6 is 11.3 Å². The number of likely N-dealkylation sites (N-methyl/N-ethyl adjacent to an activating group) is 1. The van der Waals surface area contributed by atoms with Gasteiger partial charge in [0.15, 0.2) is 17.3 Å². The van der Waals surface area contributed by atoms with Crippen LogP contribution in [0.4, 0.5) is 10.2 Å². The van der Waals surface area contributed by atoms with Gasteiger partial charge in [-0.2, -0.15) is 0 Å². The molecule has 0 spiro atoms. The smallest absolute Gasteiger partial charge is 0.260 e. The second-order valence-corrected chi connectivity index (χ2v) is 9.94. The fourth-order valence-electron chi connectivity index (χ4n) is 5.01. The minimum Gasteiger partial charge on any atom is -0.378 e. The van der Waals surface area contributed by atoms with Crippen LogP contribution in [-0.4, -0.2) is 84.1 Å². The Labute approximate surface area is 205 Å². The van der Waals surface area contributed by atoms with Crippen molar-refractivity contribution < 1.29 is 13.9 Å². The van der Waals surface area contributed by atoms with Crippen LogP contribution in [0.1, 0.15) is 17.3 Å². The number of para-hydroxylation sites is 1. The average molecular weight is 496 g/mol. The molecule has 4 aromatic rings. The van der Waals surface area contributed by atoms with Crippen LogP contribution in [0.15, 0.2) is 35.1 Å². The molecule has 2 saturated heterocycles. The van der Waals surface area contributed by atoms with E-state index in [1.54, 1.807) is 4.90 Å². The molecule has 8 nitrogen and oxygen atoms in total. The van der Waals surface area contributed by atoms with E-state index in [1.807, 2.05) is 33.6 Å². The Hall–Kier alpha value is -3.08. The molecule has 2 aliphatic heterocycles. The van der Waals surface area contributed by atoms with Crippen LogP contribution in [0, 0.1) is 5.82 Å². The fourth-order valence-corrected chi connectivity index (χ4v) is 6.19. The van der Waals surface area contributed by atoms with Gasteiger partial charge in [-0.25, -0.2) is 9.37 Å². The molecule has 0 atom stereocenters. The van der Waals surface area contributed by atoms with Gasteiger partial charge < -0.3 is 19.4 Å². The van der Waals surface area contributed by atoms with Crippen molar-refractivity contribution in [2.75, 3.05) is 63.9 Å². The number of halogens is 1. The van der Waals surface area contributed by atoms with Crippen molar-refractivity contribution >= 4 is 49.1 Å². The van der Waals surface area contributed by atoms with E-state index in [0.717, 1.165) is 29.9 Å². The molecule has 0 radical (unpaired) electrons. The van der Waals surface area contributed by atoms with E-state index < -0.39 is 11.2 Å². The number of hydrogen-bond acceptors (Lipinski definition) is 7. The number of thiazole rings is 1. The lowest BCUT2D eigenvalue weighted by Gasteiger charge is -2.34. The molecule has 0 bridgehead atoms. The van der Waals surface area contributed by atoms with Gasteiger partial charge in [0.05, 0.1) is 28.8 Å². The monoisotopic (exact) mass is 495 g/mol. The second kappa shape index (κ2) is 8.85. The first kappa shape index (κ1) is 22.4. The third-order valence-electron chi connectivity index (χ3n) is 6.98. The van der Waals surface area contributed by atoms with Crippen molar-refractivity contribution in [2.45, 2.75) is 6.92 Å². The quantitative estimate of drug-likeness (QED) is 0.435. The molecule has 3 aromatic heterocycles. The molecule has 6 rings (SSSR count). The van der Waals surface area contributed by atoms with Gasteiger partial charge in [0.25, 0.3) is 5.91 Å². The van der Waals surface area contributed by atoms with Gasteiger partial charge in [-0.3, -0.25) is 14.0 Å². The summed E-state index contributed by atoms with van der Waals surface area (Å²) in [5.74, 6) is -0.653. The molecule has 5 heterocycles. The highest BCUT2D eigenvalue weighted by Crippen LogP contribution is 2.32. The summed E-state index contributed by atoms with van der Waals surface area (Å²) in [6.45, 7) is 7.73. The number of pyridine rings is 2. The molecule has 0 saturated carbocycles. The average Bonchev–Trinajstić information content (AvgIpc) is 3.28. The zero-order valence-corrected chi connectivity index (χ0v) is 20.3. The largest absolute Gasteiger partial charge is 0.378 e. The van der Waals surface area contributed by atoms with Gasteiger partial charge in [-0.05, 0) is 24.7 Å². The summed E-state index contributed by atoms with van der Waals surface area (Å²) in [5.41, 5.74) is 0.852. The van der Waals surface area contributed by atoms with Crippen molar-refractivity contribution in [3.05, 3.63) is 51.9 Å². The molecule has 182 valence electrons. The lowest BCUT2D eigenvalue weighted by Crippen LogP contribution is -2.49. The zero-order valence-electron chi connectivity index (χ0n) is 19.5. The molecular weight excluding hydrogens is 469 g/mol. The minimum atomic E-state index is -0.564. The maximum atomic E-state index is 15.3.